The van der Waals surface area contributed by atoms with Gasteiger partial charge < -0.3 is 15.1 Å². The topological polar surface area (TPSA) is 71.3 Å². The lowest BCUT2D eigenvalue weighted by atomic mass is 9.87. The average Bonchev–Trinajstić information content (AvgIpc) is 3.17. The zero-order valence-corrected chi connectivity index (χ0v) is 15.6. The molecule has 0 fully saturated rings. The molecule has 0 unspecified atom stereocenters. The van der Waals surface area contributed by atoms with Crippen LogP contribution in [-0.2, 0) is 5.41 Å². The van der Waals surface area contributed by atoms with Crippen LogP contribution in [0.5, 0.6) is 0 Å². The van der Waals surface area contributed by atoms with Crippen molar-refractivity contribution in [2.45, 2.75) is 26.2 Å². The predicted octanol–water partition coefficient (Wildman–Crippen LogP) is 5.08. The highest BCUT2D eigenvalue weighted by Crippen LogP contribution is 2.24. The van der Waals surface area contributed by atoms with E-state index in [1.165, 1.54) is 12.5 Å². The Morgan fingerprint density at radius 2 is 1.33 bits per heavy atom. The first kappa shape index (κ1) is 18.5. The highest BCUT2D eigenvalue weighted by Gasteiger charge is 2.15. The van der Waals surface area contributed by atoms with Crippen molar-refractivity contribution in [2.75, 3.05) is 10.6 Å². The molecule has 1 aromatic heterocycles. The van der Waals surface area contributed by atoms with Crippen molar-refractivity contribution in [1.82, 2.24) is 0 Å². The number of nitrogens with one attached hydrogen (secondary N) is 2. The van der Waals surface area contributed by atoms with Crippen LogP contribution in [0.1, 0.15) is 47.1 Å². The highest BCUT2D eigenvalue weighted by atomic mass is 16.3. The van der Waals surface area contributed by atoms with E-state index in [1.807, 2.05) is 24.3 Å². The molecule has 3 aromatic rings. The largest absolute Gasteiger partial charge is 0.472 e. The van der Waals surface area contributed by atoms with Crippen LogP contribution in [-0.4, -0.2) is 11.8 Å². The van der Waals surface area contributed by atoms with Crippen LogP contribution in [0.3, 0.4) is 0 Å². The summed E-state index contributed by atoms with van der Waals surface area (Å²) in [5.41, 5.74) is 3.20. The minimum Gasteiger partial charge on any atom is -0.472 e. The van der Waals surface area contributed by atoms with Crippen LogP contribution in [0.2, 0.25) is 0 Å². The van der Waals surface area contributed by atoms with Gasteiger partial charge in [-0.3, -0.25) is 9.59 Å². The Bertz CT molecular complexity index is 936. The molecule has 27 heavy (non-hydrogen) atoms. The lowest BCUT2D eigenvalue weighted by Crippen LogP contribution is -2.17. The Morgan fingerprint density at radius 1 is 0.778 bits per heavy atom. The van der Waals surface area contributed by atoms with Gasteiger partial charge in [0.2, 0.25) is 0 Å². The highest BCUT2D eigenvalue weighted by molar-refractivity contribution is 6.09. The molecule has 1 heterocycles. The second-order valence-corrected chi connectivity index (χ2v) is 7.29. The maximum Gasteiger partial charge on any atom is 0.258 e. The number of carbonyl (C=O) groups is 2. The Balaban J connectivity index is 1.75. The Labute approximate surface area is 158 Å². The van der Waals surface area contributed by atoms with E-state index in [-0.39, 0.29) is 17.2 Å². The Hall–Kier alpha value is -3.34. The van der Waals surface area contributed by atoms with Crippen molar-refractivity contribution < 1.29 is 14.0 Å². The summed E-state index contributed by atoms with van der Waals surface area (Å²) in [6.45, 7) is 6.38. The fraction of sp³-hybridized carbons (Fsp3) is 0.182. The monoisotopic (exact) mass is 362 g/mol. The molecule has 2 N–H and O–H groups in total. The number of benzene rings is 2. The van der Waals surface area contributed by atoms with Gasteiger partial charge in [-0.2, -0.15) is 0 Å². The fourth-order valence-corrected chi connectivity index (χ4v) is 2.61. The molecular formula is C22H22N2O3. The normalized spacial score (nSPS) is 11.1. The second-order valence-electron chi connectivity index (χ2n) is 7.29. The van der Waals surface area contributed by atoms with Crippen LogP contribution >= 0.6 is 0 Å². The third kappa shape index (κ3) is 4.44. The van der Waals surface area contributed by atoms with Gasteiger partial charge in [0.05, 0.1) is 23.2 Å². The SMILES string of the molecule is CC(C)(C)c1ccc(C(=O)Nc2ccccc2NC(=O)c2ccoc2)cc1. The maximum atomic E-state index is 12.6. The Morgan fingerprint density at radius 3 is 1.81 bits per heavy atom. The first-order valence-electron chi connectivity index (χ1n) is 8.69. The summed E-state index contributed by atoms with van der Waals surface area (Å²) in [5, 5.41) is 5.64. The van der Waals surface area contributed by atoms with E-state index < -0.39 is 0 Å². The van der Waals surface area contributed by atoms with Gasteiger partial charge in [0.1, 0.15) is 6.26 Å². The summed E-state index contributed by atoms with van der Waals surface area (Å²) in [6, 6.07) is 16.2. The van der Waals surface area contributed by atoms with Gasteiger partial charge in [0.25, 0.3) is 11.8 Å². The number of hydrogen-bond donors (Lipinski definition) is 2. The van der Waals surface area contributed by atoms with Gasteiger partial charge in [0, 0.05) is 5.56 Å². The van der Waals surface area contributed by atoms with Gasteiger partial charge in [-0.05, 0) is 41.3 Å². The summed E-state index contributed by atoms with van der Waals surface area (Å²) < 4.78 is 4.93. The van der Waals surface area contributed by atoms with Crippen LogP contribution < -0.4 is 10.6 Å². The number of para-hydroxylation sites is 2. The molecule has 5 nitrogen and oxygen atoms in total. The minimum absolute atomic E-state index is 0.0268. The summed E-state index contributed by atoms with van der Waals surface area (Å²) >= 11 is 0. The number of anilines is 2. The first-order valence-corrected chi connectivity index (χ1v) is 8.69. The van der Waals surface area contributed by atoms with E-state index in [1.54, 1.807) is 30.3 Å². The standard InChI is InChI=1S/C22H22N2O3/c1-22(2,3)17-10-8-15(9-11-17)20(25)23-18-6-4-5-7-19(18)24-21(26)16-12-13-27-14-16/h4-14H,1-3H3,(H,23,25)(H,24,26). The first-order chi connectivity index (χ1) is 12.8. The fourth-order valence-electron chi connectivity index (χ4n) is 2.61. The maximum absolute atomic E-state index is 12.6. The molecule has 3 rings (SSSR count). The van der Waals surface area contributed by atoms with Gasteiger partial charge in [-0.1, -0.05) is 45.0 Å². The molecule has 0 aliphatic carbocycles. The van der Waals surface area contributed by atoms with Crippen molar-refractivity contribution in [2.24, 2.45) is 0 Å². The quantitative estimate of drug-likeness (QED) is 0.680. The zero-order valence-electron chi connectivity index (χ0n) is 15.6. The zero-order chi connectivity index (χ0) is 19.4. The summed E-state index contributed by atoms with van der Waals surface area (Å²) in [5.74, 6) is -0.541. The number of hydrogen-bond acceptors (Lipinski definition) is 3. The van der Waals surface area contributed by atoms with Crippen LogP contribution in [0.25, 0.3) is 0 Å². The lowest BCUT2D eigenvalue weighted by Gasteiger charge is -2.19. The van der Waals surface area contributed by atoms with Gasteiger partial charge in [-0.15, -0.1) is 0 Å². The molecule has 0 atom stereocenters. The van der Waals surface area contributed by atoms with E-state index in [2.05, 4.69) is 31.4 Å². The molecule has 2 amide bonds. The molecule has 0 radical (unpaired) electrons. The molecular weight excluding hydrogens is 340 g/mol. The lowest BCUT2D eigenvalue weighted by molar-refractivity contribution is 0.101. The van der Waals surface area contributed by atoms with Gasteiger partial charge >= 0.3 is 0 Å². The Kier molecular flexibility index (Phi) is 5.12. The molecule has 0 saturated heterocycles. The molecule has 5 heteroatoms. The van der Waals surface area contributed by atoms with Crippen LogP contribution in [0, 0.1) is 0 Å². The van der Waals surface area contributed by atoms with Gasteiger partial charge in [0.15, 0.2) is 0 Å². The number of carbonyl (C=O) groups excluding carboxylic acids is 2. The third-order valence-electron chi connectivity index (χ3n) is 4.22. The van der Waals surface area contributed by atoms with Crippen molar-refractivity contribution in [3.63, 3.8) is 0 Å². The van der Waals surface area contributed by atoms with Crippen LogP contribution in [0.15, 0.2) is 71.5 Å². The summed E-state index contributed by atoms with van der Waals surface area (Å²) in [6.07, 6.45) is 2.80. The molecule has 2 aromatic carbocycles. The number of rotatable bonds is 4. The van der Waals surface area contributed by atoms with Crippen molar-refractivity contribution in [1.29, 1.82) is 0 Å². The average molecular weight is 362 g/mol. The summed E-state index contributed by atoms with van der Waals surface area (Å²) in [7, 11) is 0. The number of furan rings is 1. The van der Waals surface area contributed by atoms with Crippen molar-refractivity contribution in [3.05, 3.63) is 83.8 Å². The van der Waals surface area contributed by atoms with E-state index >= 15 is 0 Å². The van der Waals surface area contributed by atoms with Gasteiger partial charge in [-0.25, -0.2) is 0 Å². The molecule has 0 bridgehead atoms. The van der Waals surface area contributed by atoms with E-state index in [0.29, 0.717) is 22.5 Å². The van der Waals surface area contributed by atoms with E-state index in [9.17, 15) is 9.59 Å². The predicted molar refractivity (Wildman–Crippen MR) is 106 cm³/mol. The molecule has 0 spiro atoms. The van der Waals surface area contributed by atoms with E-state index in [0.717, 1.165) is 5.56 Å². The summed E-state index contributed by atoms with van der Waals surface area (Å²) in [4.78, 5) is 24.8. The van der Waals surface area contributed by atoms with Crippen LogP contribution in [0.4, 0.5) is 11.4 Å². The second kappa shape index (κ2) is 7.50. The van der Waals surface area contributed by atoms with Crippen molar-refractivity contribution in [3.8, 4) is 0 Å². The smallest absolute Gasteiger partial charge is 0.258 e. The van der Waals surface area contributed by atoms with E-state index in [4.69, 9.17) is 4.42 Å². The number of amides is 2. The minimum atomic E-state index is -0.306. The van der Waals surface area contributed by atoms with Crippen molar-refractivity contribution >= 4 is 23.2 Å². The molecule has 0 saturated carbocycles. The molecule has 0 aliphatic rings. The molecule has 138 valence electrons. The third-order valence-corrected chi connectivity index (χ3v) is 4.22. The molecule has 0 aliphatic heterocycles.